The molecule has 150 valence electrons. The lowest BCUT2D eigenvalue weighted by molar-refractivity contribution is -0.169. The minimum absolute atomic E-state index is 0.0615. The van der Waals surface area contributed by atoms with Crippen LogP contribution in [0.4, 0.5) is 13.2 Å². The van der Waals surface area contributed by atoms with Crippen molar-refractivity contribution in [1.82, 2.24) is 5.06 Å². The third-order valence-electron chi connectivity index (χ3n) is 8.43. The van der Waals surface area contributed by atoms with Gasteiger partial charge in [0, 0.05) is 0 Å². The van der Waals surface area contributed by atoms with Crippen molar-refractivity contribution in [3.8, 4) is 0 Å². The first-order chi connectivity index (χ1) is 12.5. The molecule has 0 radical (unpaired) electrons. The molecule has 2 amide bonds. The summed E-state index contributed by atoms with van der Waals surface area (Å²) in [4.78, 5) is 25.4. The number of hydroxylamine groups is 2. The van der Waals surface area contributed by atoms with E-state index in [1.165, 1.54) is 0 Å². The monoisotopic (exact) mass is 407 g/mol. The molecule has 6 nitrogen and oxygen atoms in total. The van der Waals surface area contributed by atoms with Gasteiger partial charge in [-0.1, -0.05) is 13.8 Å². The first-order valence-corrected chi connectivity index (χ1v) is 10.7. The second kappa shape index (κ2) is 5.06. The fourth-order valence-electron chi connectivity index (χ4n) is 7.52. The summed E-state index contributed by atoms with van der Waals surface area (Å²) >= 11 is 0. The molecule has 4 saturated carbocycles. The van der Waals surface area contributed by atoms with Crippen molar-refractivity contribution in [1.29, 1.82) is 0 Å². The van der Waals surface area contributed by atoms with Gasteiger partial charge < -0.3 is 0 Å². The number of hydrogen-bond acceptors (Lipinski definition) is 5. The molecule has 4 aliphatic carbocycles. The number of alkyl halides is 3. The summed E-state index contributed by atoms with van der Waals surface area (Å²) in [6.45, 7) is 4.42. The summed E-state index contributed by atoms with van der Waals surface area (Å²) < 4.78 is 64.4. The second-order valence-corrected chi connectivity index (χ2v) is 10.5. The van der Waals surface area contributed by atoms with E-state index in [0.29, 0.717) is 35.5 Å². The van der Waals surface area contributed by atoms with Crippen LogP contribution in [0.25, 0.3) is 0 Å². The van der Waals surface area contributed by atoms with Crippen molar-refractivity contribution < 1.29 is 35.5 Å². The Labute approximate surface area is 154 Å². The Morgan fingerprint density at radius 3 is 1.70 bits per heavy atom. The highest BCUT2D eigenvalue weighted by atomic mass is 32.2. The third kappa shape index (κ3) is 1.98. The summed E-state index contributed by atoms with van der Waals surface area (Å²) in [5.74, 6) is -0.833. The SMILES string of the molecule is CC1C(C)C2CC1C1C3CC(C4C(=O)N(OS(=O)(=O)C(F)(F)F)C(=O)C34)C21. The number of rotatable bonds is 2. The van der Waals surface area contributed by atoms with Crippen molar-refractivity contribution in [2.75, 3.05) is 0 Å². The number of fused-ring (bicyclic) bond motifs is 12. The minimum atomic E-state index is -6.05. The lowest BCUT2D eigenvalue weighted by Gasteiger charge is -2.43. The highest BCUT2D eigenvalue weighted by molar-refractivity contribution is 7.87. The maximum Gasteiger partial charge on any atom is 0.525 e. The molecule has 0 aromatic rings. The van der Waals surface area contributed by atoms with Gasteiger partial charge in [0.25, 0.3) is 11.8 Å². The van der Waals surface area contributed by atoms with Gasteiger partial charge in [-0.15, -0.1) is 9.35 Å². The molecule has 5 fully saturated rings. The lowest BCUT2D eigenvalue weighted by atomic mass is 9.60. The summed E-state index contributed by atoms with van der Waals surface area (Å²) in [6.07, 6.45) is 1.82. The van der Waals surface area contributed by atoms with Crippen LogP contribution in [-0.4, -0.2) is 30.8 Å². The second-order valence-electron chi connectivity index (χ2n) is 9.00. The van der Waals surface area contributed by atoms with Crippen molar-refractivity contribution in [2.45, 2.75) is 32.2 Å². The Bertz CT molecular complexity index is 798. The van der Waals surface area contributed by atoms with Crippen molar-refractivity contribution >= 4 is 21.9 Å². The average Bonchev–Trinajstić information content (AvgIpc) is 3.31. The molecule has 10 heteroatoms. The van der Waals surface area contributed by atoms with Gasteiger partial charge in [-0.2, -0.15) is 21.6 Å². The molecule has 10 atom stereocenters. The van der Waals surface area contributed by atoms with Crippen molar-refractivity contribution in [2.24, 2.45) is 59.2 Å². The summed E-state index contributed by atoms with van der Waals surface area (Å²) in [7, 11) is -6.05. The van der Waals surface area contributed by atoms with Crippen molar-refractivity contribution in [3.63, 3.8) is 0 Å². The maximum atomic E-state index is 12.7. The molecule has 0 N–H and O–H groups in total. The van der Waals surface area contributed by atoms with Crippen LogP contribution >= 0.6 is 0 Å². The molecular formula is C17H20F3NO5S. The highest BCUT2D eigenvalue weighted by Crippen LogP contribution is 2.73. The van der Waals surface area contributed by atoms with E-state index >= 15 is 0 Å². The summed E-state index contributed by atoms with van der Waals surface area (Å²) in [5.41, 5.74) is -5.69. The Morgan fingerprint density at radius 1 is 0.889 bits per heavy atom. The van der Waals surface area contributed by atoms with Crippen LogP contribution < -0.4 is 0 Å². The van der Waals surface area contributed by atoms with Gasteiger partial charge in [-0.05, 0) is 60.2 Å². The molecule has 10 unspecified atom stereocenters. The average molecular weight is 407 g/mol. The number of imide groups is 1. The fourth-order valence-corrected chi connectivity index (χ4v) is 7.94. The number of nitrogens with zero attached hydrogens (tertiary/aromatic N) is 1. The van der Waals surface area contributed by atoms with E-state index in [4.69, 9.17) is 0 Å². The van der Waals surface area contributed by atoms with Gasteiger partial charge in [0.05, 0.1) is 11.8 Å². The van der Waals surface area contributed by atoms with Crippen LogP contribution in [0.5, 0.6) is 0 Å². The zero-order valence-corrected chi connectivity index (χ0v) is 15.5. The lowest BCUT2D eigenvalue weighted by Crippen LogP contribution is -2.43. The molecule has 0 spiro atoms. The van der Waals surface area contributed by atoms with Crippen LogP contribution in [0, 0.1) is 59.2 Å². The van der Waals surface area contributed by atoms with Crippen LogP contribution in [0.1, 0.15) is 26.7 Å². The van der Waals surface area contributed by atoms with Crippen molar-refractivity contribution in [3.05, 3.63) is 0 Å². The zero-order valence-electron chi connectivity index (χ0n) is 14.7. The van der Waals surface area contributed by atoms with Crippen LogP contribution in [-0.2, 0) is 24.0 Å². The maximum absolute atomic E-state index is 12.7. The predicted octanol–water partition coefficient (Wildman–Crippen LogP) is 2.17. The molecule has 4 bridgehead atoms. The van der Waals surface area contributed by atoms with Gasteiger partial charge >= 0.3 is 15.6 Å². The Hall–Kier alpha value is -1.16. The van der Waals surface area contributed by atoms with Gasteiger partial charge in [0.2, 0.25) is 0 Å². The molecule has 0 aromatic carbocycles. The summed E-state index contributed by atoms with van der Waals surface area (Å²) in [5, 5.41) is -0.118. The molecular weight excluding hydrogens is 387 g/mol. The highest BCUT2D eigenvalue weighted by Gasteiger charge is 2.74. The quantitative estimate of drug-likeness (QED) is 0.398. The van der Waals surface area contributed by atoms with Crippen LogP contribution in [0.3, 0.4) is 0 Å². The van der Waals surface area contributed by atoms with Gasteiger partial charge in [-0.3, -0.25) is 9.59 Å². The molecule has 1 heterocycles. The standard InChI is InChI=1S/C17H20F3NO5S/c1-5-6(2)8-3-7(5)11-9-4-10(12(8)11)14-13(9)15(22)21(16(14)23)26-27(24,25)17(18,19)20/h5-14H,3-4H2,1-2H3. The normalized spacial score (nSPS) is 50.6. The van der Waals surface area contributed by atoms with Gasteiger partial charge in [0.1, 0.15) is 0 Å². The Balaban J connectivity index is 1.46. The molecule has 1 aliphatic heterocycles. The summed E-state index contributed by atoms with van der Waals surface area (Å²) in [6, 6.07) is 0. The molecule has 1 saturated heterocycles. The van der Waals surface area contributed by atoms with E-state index in [2.05, 4.69) is 18.1 Å². The molecule has 5 rings (SSSR count). The predicted molar refractivity (Wildman–Crippen MR) is 83.4 cm³/mol. The third-order valence-corrected chi connectivity index (χ3v) is 9.34. The van der Waals surface area contributed by atoms with Gasteiger partial charge in [0.15, 0.2) is 0 Å². The van der Waals surface area contributed by atoms with E-state index in [-0.39, 0.29) is 16.9 Å². The smallest absolute Gasteiger partial charge is 0.272 e. The molecule has 27 heavy (non-hydrogen) atoms. The number of carbonyl (C=O) groups excluding carboxylic acids is 2. The molecule has 5 aliphatic rings. The van der Waals surface area contributed by atoms with E-state index in [9.17, 15) is 31.2 Å². The number of carbonyl (C=O) groups is 2. The van der Waals surface area contributed by atoms with Crippen LogP contribution in [0.2, 0.25) is 0 Å². The number of halogens is 3. The van der Waals surface area contributed by atoms with Gasteiger partial charge in [-0.25, -0.2) is 0 Å². The number of amides is 2. The van der Waals surface area contributed by atoms with E-state index in [0.717, 1.165) is 12.8 Å². The fraction of sp³-hybridized carbons (Fsp3) is 0.882. The topological polar surface area (TPSA) is 80.8 Å². The Morgan fingerprint density at radius 2 is 1.30 bits per heavy atom. The Kier molecular flexibility index (Phi) is 3.35. The zero-order chi connectivity index (χ0) is 19.6. The largest absolute Gasteiger partial charge is 0.525 e. The van der Waals surface area contributed by atoms with E-state index in [1.807, 2.05) is 0 Å². The van der Waals surface area contributed by atoms with E-state index in [1.54, 1.807) is 0 Å². The number of hydrogen-bond donors (Lipinski definition) is 0. The first-order valence-electron chi connectivity index (χ1n) is 9.34. The first kappa shape index (κ1) is 17.9. The van der Waals surface area contributed by atoms with Crippen LogP contribution in [0.15, 0.2) is 0 Å². The van der Waals surface area contributed by atoms with E-state index < -0.39 is 39.3 Å². The minimum Gasteiger partial charge on any atom is -0.272 e. The molecule has 0 aromatic heterocycles.